The Balaban J connectivity index is 1.86. The van der Waals surface area contributed by atoms with Crippen LogP contribution in [-0.2, 0) is 21.7 Å². The molecule has 3 atom stereocenters. The van der Waals surface area contributed by atoms with Crippen LogP contribution in [0.1, 0.15) is 49.8 Å². The first-order valence-corrected chi connectivity index (χ1v) is 10.6. The van der Waals surface area contributed by atoms with Crippen molar-refractivity contribution in [1.82, 2.24) is 0 Å². The summed E-state index contributed by atoms with van der Waals surface area (Å²) in [6, 6.07) is 28.5. The molecular weight excluding hydrogens is 372 g/mol. The van der Waals surface area contributed by atoms with E-state index in [2.05, 4.69) is 26.0 Å². The Kier molecular flexibility index (Phi) is 7.67. The Morgan fingerprint density at radius 3 is 2.00 bits per heavy atom. The van der Waals surface area contributed by atoms with Gasteiger partial charge in [0.25, 0.3) is 0 Å². The average molecular weight is 405 g/mol. The zero-order chi connectivity index (χ0) is 21.4. The van der Waals surface area contributed by atoms with Gasteiger partial charge in [-0.25, -0.2) is 0 Å². The zero-order valence-electron chi connectivity index (χ0n) is 18.4. The normalized spacial score (nSPS) is 15.2. The minimum absolute atomic E-state index is 0.433. The molecule has 0 bridgehead atoms. The first-order chi connectivity index (χ1) is 14.6. The van der Waals surface area contributed by atoms with Gasteiger partial charge in [0.1, 0.15) is 5.75 Å². The van der Waals surface area contributed by atoms with E-state index in [0.717, 1.165) is 23.3 Å². The predicted octanol–water partition coefficient (Wildman–Crippen LogP) is 6.68. The number of hydrogen-bond acceptors (Lipinski definition) is 3. The quantitative estimate of drug-likeness (QED) is 0.353. The van der Waals surface area contributed by atoms with Crippen LogP contribution in [0.4, 0.5) is 0 Å². The lowest BCUT2D eigenvalue weighted by Gasteiger charge is -2.36. The monoisotopic (exact) mass is 404 g/mol. The second-order valence-electron chi connectivity index (χ2n) is 7.80. The summed E-state index contributed by atoms with van der Waals surface area (Å²) >= 11 is 0. The predicted molar refractivity (Wildman–Crippen MR) is 122 cm³/mol. The highest BCUT2D eigenvalue weighted by Crippen LogP contribution is 2.33. The first-order valence-electron chi connectivity index (χ1n) is 10.6. The third-order valence-corrected chi connectivity index (χ3v) is 5.77. The molecule has 0 aromatic heterocycles. The molecule has 0 spiro atoms. The maximum absolute atomic E-state index is 6.37. The number of rotatable bonds is 10. The van der Waals surface area contributed by atoms with E-state index < -0.39 is 11.9 Å². The molecule has 3 heteroatoms. The largest absolute Gasteiger partial charge is 0.461 e. The molecule has 0 aliphatic carbocycles. The SMILES string of the molecule is CCC(C)c1ccc(OC(OCc2ccccc2)C(C)(OC)c2ccccc2)cc1. The fourth-order valence-electron chi connectivity index (χ4n) is 3.41. The van der Waals surface area contributed by atoms with Crippen molar-refractivity contribution in [2.45, 2.75) is 51.6 Å². The Bertz CT molecular complexity index is 877. The van der Waals surface area contributed by atoms with E-state index in [-0.39, 0.29) is 0 Å². The smallest absolute Gasteiger partial charge is 0.233 e. The van der Waals surface area contributed by atoms with Crippen molar-refractivity contribution in [3.05, 3.63) is 102 Å². The molecule has 158 valence electrons. The standard InChI is InChI=1S/C27H32O3/c1-5-21(2)23-16-18-25(19-17-23)30-26(29-20-22-12-8-6-9-13-22)27(3,28-4)24-14-10-7-11-15-24/h6-19,21,26H,5,20H2,1-4H3. The van der Waals surface area contributed by atoms with Gasteiger partial charge in [-0.15, -0.1) is 0 Å². The highest BCUT2D eigenvalue weighted by Gasteiger charge is 2.39. The van der Waals surface area contributed by atoms with Crippen LogP contribution in [0.15, 0.2) is 84.9 Å². The molecule has 0 saturated carbocycles. The van der Waals surface area contributed by atoms with Crippen LogP contribution in [0.5, 0.6) is 5.75 Å². The topological polar surface area (TPSA) is 27.7 Å². The van der Waals surface area contributed by atoms with Crippen LogP contribution in [0.2, 0.25) is 0 Å². The maximum atomic E-state index is 6.37. The molecule has 3 unspecified atom stereocenters. The first kappa shape index (κ1) is 22.1. The van der Waals surface area contributed by atoms with Crippen molar-refractivity contribution in [2.24, 2.45) is 0 Å². The number of benzene rings is 3. The fraction of sp³-hybridized carbons (Fsp3) is 0.333. The van der Waals surface area contributed by atoms with Gasteiger partial charge in [-0.2, -0.15) is 0 Å². The summed E-state index contributed by atoms with van der Waals surface area (Å²) in [6.07, 6.45) is 0.484. The van der Waals surface area contributed by atoms with Gasteiger partial charge in [0.05, 0.1) is 6.61 Å². The lowest BCUT2D eigenvalue weighted by atomic mass is 9.94. The third kappa shape index (κ3) is 5.29. The lowest BCUT2D eigenvalue weighted by Crippen LogP contribution is -2.44. The van der Waals surface area contributed by atoms with Crippen LogP contribution in [0, 0.1) is 0 Å². The van der Waals surface area contributed by atoms with Crippen molar-refractivity contribution in [1.29, 1.82) is 0 Å². The van der Waals surface area contributed by atoms with Crippen LogP contribution < -0.4 is 4.74 Å². The number of hydrogen-bond donors (Lipinski definition) is 0. The van der Waals surface area contributed by atoms with Gasteiger partial charge in [-0.05, 0) is 48.1 Å². The summed E-state index contributed by atoms with van der Waals surface area (Å²) < 4.78 is 18.6. The third-order valence-electron chi connectivity index (χ3n) is 5.77. The van der Waals surface area contributed by atoms with Crippen molar-refractivity contribution in [3.63, 3.8) is 0 Å². The molecule has 30 heavy (non-hydrogen) atoms. The molecule has 0 saturated heterocycles. The molecule has 0 amide bonds. The Morgan fingerprint density at radius 1 is 0.833 bits per heavy atom. The second kappa shape index (κ2) is 10.4. The van der Waals surface area contributed by atoms with Crippen molar-refractivity contribution in [3.8, 4) is 5.75 Å². The van der Waals surface area contributed by atoms with Crippen molar-refractivity contribution >= 4 is 0 Å². The Labute approximate surface area is 180 Å². The van der Waals surface area contributed by atoms with Crippen LogP contribution >= 0.6 is 0 Å². The van der Waals surface area contributed by atoms with Crippen molar-refractivity contribution < 1.29 is 14.2 Å². The van der Waals surface area contributed by atoms with Crippen LogP contribution in [0.3, 0.4) is 0 Å². The summed E-state index contributed by atoms with van der Waals surface area (Å²) in [6.45, 7) is 6.87. The number of ether oxygens (including phenoxy) is 3. The molecule has 0 N–H and O–H groups in total. The molecule has 3 aromatic carbocycles. The van der Waals surface area contributed by atoms with Crippen LogP contribution in [0.25, 0.3) is 0 Å². The highest BCUT2D eigenvalue weighted by molar-refractivity contribution is 5.30. The van der Waals surface area contributed by atoms with E-state index in [0.29, 0.717) is 12.5 Å². The summed E-state index contributed by atoms with van der Waals surface area (Å²) in [5.41, 5.74) is 2.63. The van der Waals surface area contributed by atoms with E-state index in [1.165, 1.54) is 5.56 Å². The van der Waals surface area contributed by atoms with Gasteiger partial charge in [0.2, 0.25) is 6.29 Å². The maximum Gasteiger partial charge on any atom is 0.233 e. The fourth-order valence-corrected chi connectivity index (χ4v) is 3.41. The van der Waals surface area contributed by atoms with Gasteiger partial charge < -0.3 is 14.2 Å². The summed E-state index contributed by atoms with van der Waals surface area (Å²) in [5.74, 6) is 1.29. The minimum atomic E-state index is -0.772. The van der Waals surface area contributed by atoms with Gasteiger partial charge in [0, 0.05) is 7.11 Å². The van der Waals surface area contributed by atoms with Gasteiger partial charge in [-0.3, -0.25) is 0 Å². The van der Waals surface area contributed by atoms with Gasteiger partial charge in [-0.1, -0.05) is 86.6 Å². The van der Waals surface area contributed by atoms with Crippen molar-refractivity contribution in [2.75, 3.05) is 7.11 Å². The molecule has 0 aliphatic heterocycles. The van der Waals surface area contributed by atoms with E-state index >= 15 is 0 Å². The van der Waals surface area contributed by atoms with Crippen LogP contribution in [-0.4, -0.2) is 13.4 Å². The lowest BCUT2D eigenvalue weighted by molar-refractivity contribution is -0.213. The molecule has 0 aliphatic rings. The molecule has 3 aromatic rings. The molecule has 0 radical (unpaired) electrons. The molecule has 0 fully saturated rings. The molecule has 0 heterocycles. The molecule has 3 rings (SSSR count). The zero-order valence-corrected chi connectivity index (χ0v) is 18.4. The summed E-state index contributed by atoms with van der Waals surface area (Å²) in [7, 11) is 1.70. The van der Waals surface area contributed by atoms with E-state index in [1.807, 2.05) is 79.7 Å². The second-order valence-corrected chi connectivity index (χ2v) is 7.80. The van der Waals surface area contributed by atoms with E-state index in [9.17, 15) is 0 Å². The summed E-state index contributed by atoms with van der Waals surface area (Å²) in [4.78, 5) is 0. The average Bonchev–Trinajstić information content (AvgIpc) is 2.82. The molecule has 3 nitrogen and oxygen atoms in total. The minimum Gasteiger partial charge on any atom is -0.461 e. The van der Waals surface area contributed by atoms with E-state index in [4.69, 9.17) is 14.2 Å². The highest BCUT2D eigenvalue weighted by atomic mass is 16.7. The number of methoxy groups -OCH3 is 1. The van der Waals surface area contributed by atoms with Gasteiger partial charge in [0.15, 0.2) is 5.60 Å². The Morgan fingerprint density at radius 2 is 1.43 bits per heavy atom. The van der Waals surface area contributed by atoms with E-state index in [1.54, 1.807) is 7.11 Å². The summed E-state index contributed by atoms with van der Waals surface area (Å²) in [5, 5.41) is 0. The Hall–Kier alpha value is -2.62. The molecular formula is C27H32O3. The van der Waals surface area contributed by atoms with Gasteiger partial charge >= 0.3 is 0 Å².